The third-order valence-electron chi connectivity index (χ3n) is 5.05. The van der Waals surface area contributed by atoms with Gasteiger partial charge in [-0.2, -0.15) is 0 Å². The van der Waals surface area contributed by atoms with E-state index in [-0.39, 0.29) is 17.9 Å². The van der Waals surface area contributed by atoms with Crippen LogP contribution < -0.4 is 5.73 Å². The van der Waals surface area contributed by atoms with Crippen molar-refractivity contribution in [3.8, 4) is 0 Å². The molecular formula is C14H26N2O. The number of rotatable bonds is 2. The third kappa shape index (κ3) is 2.22. The summed E-state index contributed by atoms with van der Waals surface area (Å²) in [5, 5.41) is 0. The van der Waals surface area contributed by atoms with E-state index in [2.05, 4.69) is 6.92 Å². The Labute approximate surface area is 105 Å². The Morgan fingerprint density at radius 3 is 2.53 bits per heavy atom. The molecule has 0 aromatic rings. The highest BCUT2D eigenvalue weighted by atomic mass is 16.2. The summed E-state index contributed by atoms with van der Waals surface area (Å²) >= 11 is 0. The van der Waals surface area contributed by atoms with Crippen LogP contribution in [0.5, 0.6) is 0 Å². The van der Waals surface area contributed by atoms with Gasteiger partial charge in [0.15, 0.2) is 0 Å². The summed E-state index contributed by atoms with van der Waals surface area (Å²) < 4.78 is 0. The van der Waals surface area contributed by atoms with E-state index in [0.29, 0.717) is 5.41 Å². The van der Waals surface area contributed by atoms with Crippen LogP contribution in [0.25, 0.3) is 0 Å². The first-order chi connectivity index (χ1) is 7.96. The standard InChI is InChI=1S/C14H26N2O/c1-10(2)12(15)13(17)16-8-5-11(3)14(9-16)6-4-7-14/h10-12H,4-9,15H2,1-3H3/t11?,12-/m0/s1. The lowest BCUT2D eigenvalue weighted by atomic mass is 9.59. The molecule has 1 spiro atoms. The molecule has 17 heavy (non-hydrogen) atoms. The molecule has 0 aromatic carbocycles. The second-order valence-electron chi connectivity index (χ2n) is 6.44. The van der Waals surface area contributed by atoms with Gasteiger partial charge < -0.3 is 10.6 Å². The Morgan fingerprint density at radius 2 is 2.06 bits per heavy atom. The monoisotopic (exact) mass is 238 g/mol. The third-order valence-corrected chi connectivity index (χ3v) is 5.05. The van der Waals surface area contributed by atoms with E-state index in [1.54, 1.807) is 0 Å². The minimum absolute atomic E-state index is 0.165. The van der Waals surface area contributed by atoms with E-state index in [9.17, 15) is 4.79 Å². The highest BCUT2D eigenvalue weighted by molar-refractivity contribution is 5.82. The quantitative estimate of drug-likeness (QED) is 0.800. The van der Waals surface area contributed by atoms with E-state index in [1.807, 2.05) is 18.7 Å². The van der Waals surface area contributed by atoms with Crippen LogP contribution in [0.3, 0.4) is 0 Å². The SMILES string of the molecule is CC(C)[C@H](N)C(=O)N1CCC(C)C2(CCC2)C1. The molecule has 2 N–H and O–H groups in total. The van der Waals surface area contributed by atoms with E-state index >= 15 is 0 Å². The van der Waals surface area contributed by atoms with Crippen LogP contribution in [-0.2, 0) is 4.79 Å². The van der Waals surface area contributed by atoms with Crippen LogP contribution in [0.1, 0.15) is 46.5 Å². The number of nitrogens with two attached hydrogens (primary N) is 1. The summed E-state index contributed by atoms with van der Waals surface area (Å²) in [4.78, 5) is 14.3. The molecule has 2 fully saturated rings. The molecule has 2 atom stereocenters. The predicted molar refractivity (Wildman–Crippen MR) is 69.5 cm³/mol. The number of carbonyl (C=O) groups excluding carboxylic acids is 1. The maximum Gasteiger partial charge on any atom is 0.239 e. The highest BCUT2D eigenvalue weighted by Gasteiger charge is 2.46. The van der Waals surface area contributed by atoms with E-state index in [4.69, 9.17) is 5.73 Å². The van der Waals surface area contributed by atoms with E-state index < -0.39 is 0 Å². The van der Waals surface area contributed by atoms with Crippen molar-refractivity contribution in [2.75, 3.05) is 13.1 Å². The topological polar surface area (TPSA) is 46.3 Å². The van der Waals surface area contributed by atoms with Crippen molar-refractivity contribution >= 4 is 5.91 Å². The fourth-order valence-electron chi connectivity index (χ4n) is 3.24. The molecule has 0 radical (unpaired) electrons. The number of likely N-dealkylation sites (tertiary alicyclic amines) is 1. The smallest absolute Gasteiger partial charge is 0.239 e. The molecule has 1 amide bonds. The van der Waals surface area contributed by atoms with Crippen molar-refractivity contribution < 1.29 is 4.79 Å². The second-order valence-corrected chi connectivity index (χ2v) is 6.44. The van der Waals surface area contributed by atoms with Crippen LogP contribution in [0, 0.1) is 17.3 Å². The van der Waals surface area contributed by atoms with Gasteiger partial charge in [-0.3, -0.25) is 4.79 Å². The van der Waals surface area contributed by atoms with Crippen molar-refractivity contribution in [2.45, 2.75) is 52.5 Å². The molecule has 1 saturated heterocycles. The molecule has 2 aliphatic rings. The number of carbonyl (C=O) groups is 1. The number of hydrogen-bond acceptors (Lipinski definition) is 2. The molecular weight excluding hydrogens is 212 g/mol. The van der Waals surface area contributed by atoms with Gasteiger partial charge in [0.05, 0.1) is 6.04 Å². The molecule has 3 nitrogen and oxygen atoms in total. The summed E-state index contributed by atoms with van der Waals surface area (Å²) in [6.07, 6.45) is 5.09. The van der Waals surface area contributed by atoms with Gasteiger partial charge in [-0.1, -0.05) is 27.2 Å². The Bertz CT molecular complexity index is 297. The van der Waals surface area contributed by atoms with Gasteiger partial charge in [0.2, 0.25) is 5.91 Å². The molecule has 1 heterocycles. The van der Waals surface area contributed by atoms with Gasteiger partial charge in [0.1, 0.15) is 0 Å². The van der Waals surface area contributed by atoms with Crippen molar-refractivity contribution in [3.63, 3.8) is 0 Å². The molecule has 1 aliphatic heterocycles. The summed E-state index contributed by atoms with van der Waals surface area (Å²) in [6, 6.07) is -0.319. The number of hydrogen-bond donors (Lipinski definition) is 1. The zero-order chi connectivity index (χ0) is 12.6. The minimum atomic E-state index is -0.319. The van der Waals surface area contributed by atoms with Crippen molar-refractivity contribution in [3.05, 3.63) is 0 Å². The van der Waals surface area contributed by atoms with Gasteiger partial charge in [0, 0.05) is 13.1 Å². The van der Waals surface area contributed by atoms with Crippen LogP contribution in [0.15, 0.2) is 0 Å². The number of nitrogens with zero attached hydrogens (tertiary/aromatic N) is 1. The Hall–Kier alpha value is -0.570. The molecule has 0 aromatic heterocycles. The van der Waals surface area contributed by atoms with Gasteiger partial charge in [-0.05, 0) is 36.5 Å². The molecule has 0 bridgehead atoms. The lowest BCUT2D eigenvalue weighted by molar-refractivity contribution is -0.141. The highest BCUT2D eigenvalue weighted by Crippen LogP contribution is 2.50. The maximum absolute atomic E-state index is 12.3. The summed E-state index contributed by atoms with van der Waals surface area (Å²) in [5.74, 6) is 1.17. The molecule has 1 aliphatic carbocycles. The fourth-order valence-corrected chi connectivity index (χ4v) is 3.24. The van der Waals surface area contributed by atoms with E-state index in [1.165, 1.54) is 19.3 Å². The first-order valence-electron chi connectivity index (χ1n) is 7.01. The van der Waals surface area contributed by atoms with Crippen LogP contribution >= 0.6 is 0 Å². The first kappa shape index (κ1) is 12.9. The maximum atomic E-state index is 12.3. The van der Waals surface area contributed by atoms with Crippen LogP contribution in [0.4, 0.5) is 0 Å². The Morgan fingerprint density at radius 1 is 1.41 bits per heavy atom. The Kier molecular flexibility index (Phi) is 3.48. The summed E-state index contributed by atoms with van der Waals surface area (Å²) in [5.41, 5.74) is 6.42. The van der Waals surface area contributed by atoms with Gasteiger partial charge in [-0.15, -0.1) is 0 Å². The average molecular weight is 238 g/mol. The Balaban J connectivity index is 2.01. The molecule has 2 rings (SSSR count). The second kappa shape index (κ2) is 4.60. The van der Waals surface area contributed by atoms with E-state index in [0.717, 1.165) is 25.4 Å². The predicted octanol–water partition coefficient (Wildman–Crippen LogP) is 2.01. The average Bonchev–Trinajstić information content (AvgIpc) is 2.25. The minimum Gasteiger partial charge on any atom is -0.341 e. The molecule has 1 unspecified atom stereocenters. The van der Waals surface area contributed by atoms with Gasteiger partial charge in [-0.25, -0.2) is 0 Å². The summed E-state index contributed by atoms with van der Waals surface area (Å²) in [7, 11) is 0. The first-order valence-corrected chi connectivity index (χ1v) is 7.01. The van der Waals surface area contributed by atoms with Crippen LogP contribution in [-0.4, -0.2) is 29.9 Å². The number of piperidine rings is 1. The fraction of sp³-hybridized carbons (Fsp3) is 0.929. The van der Waals surface area contributed by atoms with Crippen molar-refractivity contribution in [2.24, 2.45) is 23.0 Å². The molecule has 1 saturated carbocycles. The normalized spacial score (nSPS) is 29.2. The zero-order valence-electron chi connectivity index (χ0n) is 11.4. The summed E-state index contributed by atoms with van der Waals surface area (Å²) in [6.45, 7) is 8.25. The van der Waals surface area contributed by atoms with Gasteiger partial charge >= 0.3 is 0 Å². The number of amides is 1. The van der Waals surface area contributed by atoms with Crippen molar-refractivity contribution in [1.82, 2.24) is 4.90 Å². The van der Waals surface area contributed by atoms with Crippen LogP contribution in [0.2, 0.25) is 0 Å². The zero-order valence-corrected chi connectivity index (χ0v) is 11.4. The van der Waals surface area contributed by atoms with Crippen molar-refractivity contribution in [1.29, 1.82) is 0 Å². The molecule has 3 heteroatoms. The lowest BCUT2D eigenvalue weighted by Gasteiger charge is -2.53. The van der Waals surface area contributed by atoms with Gasteiger partial charge in [0.25, 0.3) is 0 Å². The largest absolute Gasteiger partial charge is 0.341 e. The molecule has 98 valence electrons. The lowest BCUT2D eigenvalue weighted by Crippen LogP contribution is -2.57.